The lowest BCUT2D eigenvalue weighted by Crippen LogP contribution is -2.14. The second-order valence-corrected chi connectivity index (χ2v) is 4.30. The number of amidine groups is 1. The van der Waals surface area contributed by atoms with Gasteiger partial charge in [0.15, 0.2) is 5.84 Å². The Labute approximate surface area is 102 Å². The summed E-state index contributed by atoms with van der Waals surface area (Å²) in [5.74, 6) is 0.0720. The fourth-order valence-electron chi connectivity index (χ4n) is 1.39. The van der Waals surface area contributed by atoms with Crippen molar-refractivity contribution in [2.75, 3.05) is 0 Å². The van der Waals surface area contributed by atoms with Gasteiger partial charge in [-0.05, 0) is 30.3 Å². The highest BCUT2D eigenvalue weighted by Gasteiger charge is 2.12. The minimum atomic E-state index is 0.0720. The van der Waals surface area contributed by atoms with E-state index in [1.54, 1.807) is 12.3 Å². The average Bonchev–Trinajstić information content (AvgIpc) is 2.83. The summed E-state index contributed by atoms with van der Waals surface area (Å²) in [4.78, 5) is 4.90. The topological polar surface area (TPSA) is 84.6 Å². The van der Waals surface area contributed by atoms with Crippen molar-refractivity contribution in [3.8, 4) is 0 Å². The number of aromatic nitrogens is 1. The van der Waals surface area contributed by atoms with Crippen LogP contribution in [0.3, 0.4) is 0 Å². The number of nitrogens with two attached hydrogens (primary N) is 1. The SMILES string of the molecule is Cc1cccc(/C(N)=N/O)c1Sc1ncco1. The van der Waals surface area contributed by atoms with E-state index in [4.69, 9.17) is 15.4 Å². The molecule has 0 atom stereocenters. The molecule has 0 fully saturated rings. The van der Waals surface area contributed by atoms with Crippen LogP contribution in [-0.2, 0) is 0 Å². The number of nitrogens with zero attached hydrogens (tertiary/aromatic N) is 2. The molecule has 0 bridgehead atoms. The molecule has 0 spiro atoms. The van der Waals surface area contributed by atoms with Crippen LogP contribution in [0.4, 0.5) is 0 Å². The summed E-state index contributed by atoms with van der Waals surface area (Å²) < 4.78 is 5.17. The zero-order valence-corrected chi connectivity index (χ0v) is 9.94. The molecule has 0 saturated carbocycles. The molecular weight excluding hydrogens is 238 g/mol. The average molecular weight is 249 g/mol. The van der Waals surface area contributed by atoms with Gasteiger partial charge >= 0.3 is 0 Å². The molecule has 6 heteroatoms. The summed E-state index contributed by atoms with van der Waals surface area (Å²) in [5.41, 5.74) is 7.30. The monoisotopic (exact) mass is 249 g/mol. The van der Waals surface area contributed by atoms with Crippen LogP contribution in [0.2, 0.25) is 0 Å². The van der Waals surface area contributed by atoms with Crippen molar-refractivity contribution in [2.24, 2.45) is 10.9 Å². The van der Waals surface area contributed by atoms with Crippen molar-refractivity contribution in [2.45, 2.75) is 17.0 Å². The zero-order valence-electron chi connectivity index (χ0n) is 9.12. The van der Waals surface area contributed by atoms with Crippen molar-refractivity contribution in [3.05, 3.63) is 41.8 Å². The van der Waals surface area contributed by atoms with E-state index >= 15 is 0 Å². The van der Waals surface area contributed by atoms with Crippen molar-refractivity contribution in [1.29, 1.82) is 0 Å². The number of rotatable bonds is 3. The van der Waals surface area contributed by atoms with E-state index in [2.05, 4.69) is 10.1 Å². The van der Waals surface area contributed by atoms with Crippen LogP contribution in [0, 0.1) is 6.92 Å². The van der Waals surface area contributed by atoms with E-state index in [0.29, 0.717) is 10.8 Å². The predicted molar refractivity (Wildman–Crippen MR) is 64.3 cm³/mol. The Morgan fingerprint density at radius 1 is 1.53 bits per heavy atom. The van der Waals surface area contributed by atoms with Gasteiger partial charge in [-0.2, -0.15) is 0 Å². The Balaban J connectivity index is 2.44. The molecule has 3 N–H and O–H groups in total. The normalized spacial score (nSPS) is 11.7. The maximum Gasteiger partial charge on any atom is 0.260 e. The highest BCUT2D eigenvalue weighted by atomic mass is 32.2. The molecule has 0 amide bonds. The molecule has 1 heterocycles. The lowest BCUT2D eigenvalue weighted by Gasteiger charge is -2.08. The molecule has 2 aromatic rings. The number of hydrogen-bond acceptors (Lipinski definition) is 5. The third-order valence-electron chi connectivity index (χ3n) is 2.19. The van der Waals surface area contributed by atoms with Gasteiger partial charge in [0.2, 0.25) is 0 Å². The van der Waals surface area contributed by atoms with Gasteiger partial charge in [-0.3, -0.25) is 0 Å². The van der Waals surface area contributed by atoms with Crippen LogP contribution in [0.1, 0.15) is 11.1 Å². The van der Waals surface area contributed by atoms with Crippen molar-refractivity contribution in [3.63, 3.8) is 0 Å². The van der Waals surface area contributed by atoms with Crippen molar-refractivity contribution in [1.82, 2.24) is 4.98 Å². The second-order valence-electron chi connectivity index (χ2n) is 3.34. The predicted octanol–water partition coefficient (Wildman–Crippen LogP) is 2.23. The quantitative estimate of drug-likeness (QED) is 0.377. The Bertz CT molecular complexity index is 538. The Hall–Kier alpha value is -1.95. The van der Waals surface area contributed by atoms with Crippen molar-refractivity contribution < 1.29 is 9.62 Å². The molecule has 0 unspecified atom stereocenters. The van der Waals surface area contributed by atoms with Gasteiger partial charge in [0.1, 0.15) is 6.26 Å². The number of oxime groups is 1. The van der Waals surface area contributed by atoms with Crippen LogP contribution in [0.15, 0.2) is 50.4 Å². The summed E-state index contributed by atoms with van der Waals surface area (Å²) >= 11 is 1.34. The molecule has 0 radical (unpaired) electrons. The maximum atomic E-state index is 8.74. The number of oxazole rings is 1. The van der Waals surface area contributed by atoms with E-state index < -0.39 is 0 Å². The third-order valence-corrected chi connectivity index (χ3v) is 3.32. The minimum Gasteiger partial charge on any atom is -0.440 e. The first kappa shape index (κ1) is 11.5. The van der Waals surface area contributed by atoms with E-state index in [-0.39, 0.29) is 5.84 Å². The summed E-state index contributed by atoms with van der Waals surface area (Å²) in [6.45, 7) is 1.94. The summed E-state index contributed by atoms with van der Waals surface area (Å²) in [7, 11) is 0. The maximum absolute atomic E-state index is 8.74. The number of hydrogen-bond donors (Lipinski definition) is 2. The van der Waals surface area contributed by atoms with Gasteiger partial charge in [-0.25, -0.2) is 4.98 Å². The fourth-order valence-corrected chi connectivity index (χ4v) is 2.30. The summed E-state index contributed by atoms with van der Waals surface area (Å²) in [5, 5.41) is 12.3. The molecule has 2 rings (SSSR count). The van der Waals surface area contributed by atoms with Gasteiger partial charge in [-0.15, -0.1) is 0 Å². The van der Waals surface area contributed by atoms with Gasteiger partial charge < -0.3 is 15.4 Å². The van der Waals surface area contributed by atoms with Crippen LogP contribution in [-0.4, -0.2) is 16.0 Å². The third kappa shape index (κ3) is 2.42. The molecular formula is C11H11N3O2S. The molecule has 0 aliphatic rings. The standard InChI is InChI=1S/C11H11N3O2S/c1-7-3-2-4-8(10(12)14-15)9(7)17-11-13-5-6-16-11/h2-6,15H,1H3,(H2,12,14). The zero-order chi connectivity index (χ0) is 12.3. The second kappa shape index (κ2) is 4.92. The summed E-state index contributed by atoms with van der Waals surface area (Å²) in [6.07, 6.45) is 3.08. The Kier molecular flexibility index (Phi) is 3.34. The van der Waals surface area contributed by atoms with Crippen molar-refractivity contribution >= 4 is 17.6 Å². The van der Waals surface area contributed by atoms with Gasteiger partial charge in [0.05, 0.1) is 6.20 Å². The molecule has 0 saturated heterocycles. The number of aryl methyl sites for hydroxylation is 1. The van der Waals surface area contributed by atoms with Crippen LogP contribution in [0.25, 0.3) is 0 Å². The van der Waals surface area contributed by atoms with Crippen LogP contribution >= 0.6 is 11.8 Å². The van der Waals surface area contributed by atoms with E-state index in [1.807, 2.05) is 19.1 Å². The van der Waals surface area contributed by atoms with E-state index in [1.165, 1.54) is 18.0 Å². The van der Waals surface area contributed by atoms with Gasteiger partial charge in [0.25, 0.3) is 5.22 Å². The molecule has 0 aliphatic heterocycles. The molecule has 1 aromatic carbocycles. The Morgan fingerprint density at radius 2 is 2.35 bits per heavy atom. The molecule has 17 heavy (non-hydrogen) atoms. The molecule has 5 nitrogen and oxygen atoms in total. The van der Waals surface area contributed by atoms with E-state index in [9.17, 15) is 0 Å². The smallest absolute Gasteiger partial charge is 0.260 e. The largest absolute Gasteiger partial charge is 0.440 e. The first-order valence-corrected chi connectivity index (χ1v) is 5.69. The first-order chi connectivity index (χ1) is 8.22. The molecule has 88 valence electrons. The highest BCUT2D eigenvalue weighted by Crippen LogP contribution is 2.31. The lowest BCUT2D eigenvalue weighted by atomic mass is 10.1. The van der Waals surface area contributed by atoms with Crippen LogP contribution < -0.4 is 5.73 Å². The summed E-state index contributed by atoms with van der Waals surface area (Å²) in [6, 6.07) is 5.58. The van der Waals surface area contributed by atoms with Gasteiger partial charge in [0, 0.05) is 10.5 Å². The lowest BCUT2D eigenvalue weighted by molar-refractivity contribution is 0.318. The highest BCUT2D eigenvalue weighted by molar-refractivity contribution is 7.99. The first-order valence-electron chi connectivity index (χ1n) is 4.87. The van der Waals surface area contributed by atoms with E-state index in [0.717, 1.165) is 10.5 Å². The fraction of sp³-hybridized carbons (Fsp3) is 0.0909. The van der Waals surface area contributed by atoms with Gasteiger partial charge in [-0.1, -0.05) is 17.3 Å². The molecule has 1 aromatic heterocycles. The van der Waals surface area contributed by atoms with Crippen LogP contribution in [0.5, 0.6) is 0 Å². The number of benzene rings is 1. The minimum absolute atomic E-state index is 0.0720. The Morgan fingerprint density at radius 3 is 3.00 bits per heavy atom. The molecule has 0 aliphatic carbocycles.